The Balaban J connectivity index is 1.62. The highest BCUT2D eigenvalue weighted by atomic mass is 32.2. The van der Waals surface area contributed by atoms with Gasteiger partial charge in [-0.05, 0) is 60.7 Å². The van der Waals surface area contributed by atoms with Crippen LogP contribution in [0.2, 0.25) is 0 Å². The summed E-state index contributed by atoms with van der Waals surface area (Å²) < 4.78 is 39.8. The quantitative estimate of drug-likeness (QED) is 0.479. The minimum atomic E-state index is -3.77. The molecule has 32 heavy (non-hydrogen) atoms. The standard InChI is InChI=1S/C24H28N2O4S2/c1-29-21-8-10-24(11-9-21)32(27,28)26(20-5-3-6-22(17-20)30-2)19-12-14-25(15-13-19)18-23-7-4-16-31-23/h3-11,16-17,19H,12-15,18H2,1-2H3. The molecule has 0 saturated carbocycles. The van der Waals surface area contributed by atoms with Crippen LogP contribution in [-0.2, 0) is 16.6 Å². The van der Waals surface area contributed by atoms with Gasteiger partial charge in [0.1, 0.15) is 11.5 Å². The second kappa shape index (κ2) is 9.94. The lowest BCUT2D eigenvalue weighted by molar-refractivity contribution is 0.208. The monoisotopic (exact) mass is 472 g/mol. The van der Waals surface area contributed by atoms with Crippen LogP contribution in [0.15, 0.2) is 70.9 Å². The SMILES string of the molecule is COc1ccc(S(=O)(=O)N(c2cccc(OC)c2)C2CCN(Cc3cccs3)CC2)cc1. The lowest BCUT2D eigenvalue weighted by Crippen LogP contribution is -2.47. The Labute approximate surface area is 194 Å². The summed E-state index contributed by atoms with van der Waals surface area (Å²) in [6.45, 7) is 2.61. The minimum Gasteiger partial charge on any atom is -0.497 e. The molecule has 0 radical (unpaired) electrons. The molecule has 8 heteroatoms. The number of methoxy groups -OCH3 is 2. The zero-order valence-electron chi connectivity index (χ0n) is 18.3. The van der Waals surface area contributed by atoms with Crippen LogP contribution in [-0.4, -0.2) is 46.7 Å². The number of hydrogen-bond donors (Lipinski definition) is 0. The van der Waals surface area contributed by atoms with Crippen LogP contribution in [0.3, 0.4) is 0 Å². The van der Waals surface area contributed by atoms with Crippen molar-refractivity contribution in [3.8, 4) is 11.5 Å². The van der Waals surface area contributed by atoms with E-state index in [1.807, 2.05) is 18.2 Å². The van der Waals surface area contributed by atoms with Crippen molar-refractivity contribution in [3.63, 3.8) is 0 Å². The first kappa shape index (κ1) is 22.6. The van der Waals surface area contributed by atoms with Gasteiger partial charge in [0.05, 0.1) is 24.8 Å². The fraction of sp³-hybridized carbons (Fsp3) is 0.333. The third kappa shape index (κ3) is 4.92. The van der Waals surface area contributed by atoms with Crippen molar-refractivity contribution in [1.29, 1.82) is 0 Å². The second-order valence-electron chi connectivity index (χ2n) is 7.76. The van der Waals surface area contributed by atoms with E-state index >= 15 is 0 Å². The molecule has 0 aliphatic carbocycles. The smallest absolute Gasteiger partial charge is 0.264 e. The summed E-state index contributed by atoms with van der Waals surface area (Å²) in [6.07, 6.45) is 1.52. The van der Waals surface area contributed by atoms with Gasteiger partial charge in [0.2, 0.25) is 0 Å². The highest BCUT2D eigenvalue weighted by molar-refractivity contribution is 7.92. The molecule has 2 aromatic carbocycles. The molecule has 0 bridgehead atoms. The highest BCUT2D eigenvalue weighted by Gasteiger charge is 2.34. The van der Waals surface area contributed by atoms with Gasteiger partial charge in [0.25, 0.3) is 10.0 Å². The predicted molar refractivity (Wildman–Crippen MR) is 128 cm³/mol. The first-order valence-electron chi connectivity index (χ1n) is 10.6. The number of benzene rings is 2. The van der Waals surface area contributed by atoms with Crippen molar-refractivity contribution < 1.29 is 17.9 Å². The largest absolute Gasteiger partial charge is 0.497 e. The predicted octanol–water partition coefficient (Wildman–Crippen LogP) is 4.63. The number of nitrogens with zero attached hydrogens (tertiary/aromatic N) is 2. The third-order valence-corrected chi connectivity index (χ3v) is 8.53. The number of anilines is 1. The molecular formula is C24H28N2O4S2. The van der Waals surface area contributed by atoms with Gasteiger partial charge in [-0.25, -0.2) is 8.42 Å². The molecule has 6 nitrogen and oxygen atoms in total. The van der Waals surface area contributed by atoms with Gasteiger partial charge in [-0.3, -0.25) is 9.21 Å². The summed E-state index contributed by atoms with van der Waals surface area (Å²) in [5, 5.41) is 2.09. The van der Waals surface area contributed by atoms with E-state index in [0.29, 0.717) is 17.2 Å². The number of piperidine rings is 1. The molecule has 4 rings (SSSR count). The van der Waals surface area contributed by atoms with E-state index in [0.717, 1.165) is 32.5 Å². The highest BCUT2D eigenvalue weighted by Crippen LogP contribution is 2.33. The summed E-state index contributed by atoms with van der Waals surface area (Å²) >= 11 is 1.76. The molecule has 1 aromatic heterocycles. The molecule has 0 unspecified atom stereocenters. The molecule has 0 N–H and O–H groups in total. The summed E-state index contributed by atoms with van der Waals surface area (Å²) in [5.41, 5.74) is 0.622. The molecule has 170 valence electrons. The Kier molecular flexibility index (Phi) is 7.03. The van der Waals surface area contributed by atoms with Gasteiger partial charge in [-0.2, -0.15) is 0 Å². The zero-order chi connectivity index (χ0) is 22.6. The zero-order valence-corrected chi connectivity index (χ0v) is 19.9. The molecule has 1 fully saturated rings. The van der Waals surface area contributed by atoms with Gasteiger partial charge in [0.15, 0.2) is 0 Å². The number of rotatable bonds is 8. The van der Waals surface area contributed by atoms with E-state index in [9.17, 15) is 8.42 Å². The molecule has 1 aliphatic rings. The molecule has 0 atom stereocenters. The molecule has 0 amide bonds. The topological polar surface area (TPSA) is 59.1 Å². The number of hydrogen-bond acceptors (Lipinski definition) is 6. The Morgan fingerprint density at radius 3 is 2.31 bits per heavy atom. The van der Waals surface area contributed by atoms with E-state index in [1.54, 1.807) is 60.2 Å². The van der Waals surface area contributed by atoms with Crippen molar-refractivity contribution in [3.05, 3.63) is 70.9 Å². The van der Waals surface area contributed by atoms with E-state index < -0.39 is 10.0 Å². The van der Waals surface area contributed by atoms with Crippen molar-refractivity contribution in [2.45, 2.75) is 30.3 Å². The summed E-state index contributed by atoms with van der Waals surface area (Å²) in [7, 11) is -0.612. The number of sulfonamides is 1. The normalized spacial score (nSPS) is 15.4. The van der Waals surface area contributed by atoms with Crippen LogP contribution in [0.4, 0.5) is 5.69 Å². The maximum Gasteiger partial charge on any atom is 0.264 e. The van der Waals surface area contributed by atoms with Crippen LogP contribution in [0.1, 0.15) is 17.7 Å². The first-order chi connectivity index (χ1) is 15.5. The maximum atomic E-state index is 13.8. The van der Waals surface area contributed by atoms with E-state index in [4.69, 9.17) is 9.47 Å². The lowest BCUT2D eigenvalue weighted by atomic mass is 10.0. The van der Waals surface area contributed by atoms with E-state index in [-0.39, 0.29) is 10.9 Å². The summed E-state index contributed by atoms with van der Waals surface area (Å²) in [4.78, 5) is 3.98. The second-order valence-corrected chi connectivity index (χ2v) is 10.6. The molecular weight excluding hydrogens is 444 g/mol. The molecule has 3 aromatic rings. The van der Waals surface area contributed by atoms with Crippen LogP contribution in [0, 0.1) is 0 Å². The maximum absolute atomic E-state index is 13.8. The summed E-state index contributed by atoms with van der Waals surface area (Å²) in [6, 6.07) is 17.9. The Bertz CT molecular complexity index is 1110. The number of likely N-dealkylation sites (tertiary alicyclic amines) is 1. The number of thiophene rings is 1. The average molecular weight is 473 g/mol. The lowest BCUT2D eigenvalue weighted by Gasteiger charge is -2.39. The minimum absolute atomic E-state index is 0.131. The van der Waals surface area contributed by atoms with Crippen LogP contribution in [0.25, 0.3) is 0 Å². The third-order valence-electron chi connectivity index (χ3n) is 5.77. The Hall–Kier alpha value is -2.55. The van der Waals surface area contributed by atoms with Gasteiger partial charge in [0, 0.05) is 36.6 Å². The first-order valence-corrected chi connectivity index (χ1v) is 12.9. The molecule has 0 spiro atoms. The number of ether oxygens (including phenoxy) is 2. The van der Waals surface area contributed by atoms with Gasteiger partial charge < -0.3 is 9.47 Å². The van der Waals surface area contributed by atoms with Gasteiger partial charge in [-0.15, -0.1) is 11.3 Å². The molecule has 2 heterocycles. The van der Waals surface area contributed by atoms with Crippen LogP contribution in [0.5, 0.6) is 11.5 Å². The van der Waals surface area contributed by atoms with E-state index in [2.05, 4.69) is 22.4 Å². The van der Waals surface area contributed by atoms with Crippen molar-refractivity contribution in [1.82, 2.24) is 4.90 Å². The summed E-state index contributed by atoms with van der Waals surface area (Å²) in [5.74, 6) is 1.26. The fourth-order valence-corrected chi connectivity index (χ4v) is 6.54. The Morgan fingerprint density at radius 2 is 1.69 bits per heavy atom. The van der Waals surface area contributed by atoms with E-state index in [1.165, 1.54) is 4.88 Å². The van der Waals surface area contributed by atoms with Gasteiger partial charge >= 0.3 is 0 Å². The fourth-order valence-electron chi connectivity index (χ4n) is 4.09. The van der Waals surface area contributed by atoms with Crippen molar-refractivity contribution in [2.24, 2.45) is 0 Å². The van der Waals surface area contributed by atoms with Crippen LogP contribution < -0.4 is 13.8 Å². The molecule has 1 aliphatic heterocycles. The molecule has 1 saturated heterocycles. The Morgan fingerprint density at radius 1 is 0.969 bits per heavy atom. The van der Waals surface area contributed by atoms with Crippen LogP contribution >= 0.6 is 11.3 Å². The van der Waals surface area contributed by atoms with Gasteiger partial charge in [-0.1, -0.05) is 12.1 Å². The van der Waals surface area contributed by atoms with Crippen molar-refractivity contribution >= 4 is 27.0 Å². The van der Waals surface area contributed by atoms with Crippen molar-refractivity contribution in [2.75, 3.05) is 31.6 Å². The average Bonchev–Trinajstić information content (AvgIpc) is 3.33.